The summed E-state index contributed by atoms with van der Waals surface area (Å²) in [6.45, 7) is 7.43. The minimum Gasteiger partial charge on any atom is -0.316 e. The first-order chi connectivity index (χ1) is 7.90. The normalized spacial score (nSPS) is 26.4. The van der Waals surface area contributed by atoms with E-state index in [4.69, 9.17) is 0 Å². The molecule has 2 fully saturated rings. The number of nitrogens with one attached hydrogen (secondary N) is 1. The van der Waals surface area contributed by atoms with E-state index in [1.165, 1.54) is 63.4 Å². The molecule has 1 unspecified atom stereocenters. The summed E-state index contributed by atoms with van der Waals surface area (Å²) in [5.74, 6) is 3.51. The average molecular weight is 242 g/mol. The third-order valence-corrected chi connectivity index (χ3v) is 4.65. The maximum atomic E-state index is 3.63. The number of thioether (sulfide) groups is 1. The fraction of sp³-hybridized carbons (Fsp3) is 1.00. The second-order valence-corrected chi connectivity index (χ2v) is 6.53. The lowest BCUT2D eigenvalue weighted by atomic mass is 10.1. The van der Waals surface area contributed by atoms with Gasteiger partial charge in [-0.15, -0.1) is 0 Å². The van der Waals surface area contributed by atoms with Gasteiger partial charge in [0.15, 0.2) is 0 Å². The van der Waals surface area contributed by atoms with Crippen molar-refractivity contribution in [2.75, 3.05) is 37.7 Å². The zero-order chi connectivity index (χ0) is 11.2. The smallest absolute Gasteiger partial charge is 0.00965 e. The van der Waals surface area contributed by atoms with Gasteiger partial charge in [-0.3, -0.25) is 0 Å². The Balaban J connectivity index is 1.44. The van der Waals surface area contributed by atoms with Crippen molar-refractivity contribution in [1.29, 1.82) is 0 Å². The number of rotatable bonds is 8. The lowest BCUT2D eigenvalue weighted by Gasteiger charge is -2.15. The van der Waals surface area contributed by atoms with Crippen LogP contribution in [-0.4, -0.2) is 48.6 Å². The Labute approximate surface area is 105 Å². The topological polar surface area (TPSA) is 15.3 Å². The quantitative estimate of drug-likeness (QED) is 0.657. The van der Waals surface area contributed by atoms with Crippen LogP contribution >= 0.6 is 11.8 Å². The molecule has 0 radical (unpaired) electrons. The maximum absolute atomic E-state index is 3.63. The molecule has 2 rings (SSSR count). The first-order valence-electron chi connectivity index (χ1n) is 6.92. The zero-order valence-electron chi connectivity index (χ0n) is 10.6. The number of hydrogen-bond donors (Lipinski definition) is 1. The third-order valence-electron chi connectivity index (χ3n) is 3.66. The van der Waals surface area contributed by atoms with Crippen molar-refractivity contribution < 1.29 is 0 Å². The minimum atomic E-state index is 0.930. The highest BCUT2D eigenvalue weighted by atomic mass is 32.2. The molecule has 1 atom stereocenters. The Morgan fingerprint density at radius 1 is 1.31 bits per heavy atom. The van der Waals surface area contributed by atoms with Crippen molar-refractivity contribution in [2.45, 2.75) is 38.6 Å². The Kier molecular flexibility index (Phi) is 5.46. The van der Waals surface area contributed by atoms with Gasteiger partial charge in [-0.05, 0) is 62.7 Å². The van der Waals surface area contributed by atoms with Gasteiger partial charge in [0.1, 0.15) is 0 Å². The highest BCUT2D eigenvalue weighted by molar-refractivity contribution is 7.99. The molecular weight excluding hydrogens is 216 g/mol. The zero-order valence-corrected chi connectivity index (χ0v) is 11.4. The molecule has 1 saturated heterocycles. The molecule has 1 N–H and O–H groups in total. The molecule has 0 amide bonds. The average Bonchev–Trinajstić information content (AvgIpc) is 3.04. The van der Waals surface area contributed by atoms with Crippen molar-refractivity contribution in [3.05, 3.63) is 0 Å². The second kappa shape index (κ2) is 6.87. The first kappa shape index (κ1) is 12.7. The van der Waals surface area contributed by atoms with E-state index >= 15 is 0 Å². The van der Waals surface area contributed by atoms with Gasteiger partial charge in [0.05, 0.1) is 0 Å². The molecule has 0 aromatic carbocycles. The van der Waals surface area contributed by atoms with Gasteiger partial charge in [0.25, 0.3) is 0 Å². The lowest BCUT2D eigenvalue weighted by Crippen LogP contribution is -2.28. The highest BCUT2D eigenvalue weighted by Gasteiger charge is 2.33. The Morgan fingerprint density at radius 2 is 2.19 bits per heavy atom. The van der Waals surface area contributed by atoms with Crippen molar-refractivity contribution >= 4 is 11.8 Å². The molecule has 2 aliphatic rings. The van der Waals surface area contributed by atoms with Gasteiger partial charge in [0.2, 0.25) is 0 Å². The van der Waals surface area contributed by atoms with Crippen LogP contribution in [0.5, 0.6) is 0 Å². The maximum Gasteiger partial charge on any atom is 0.00965 e. The molecule has 0 aromatic rings. The van der Waals surface area contributed by atoms with Gasteiger partial charge in [-0.2, -0.15) is 11.8 Å². The Hall–Kier alpha value is 0.270. The number of likely N-dealkylation sites (tertiary alicyclic amines) is 1. The fourth-order valence-electron chi connectivity index (χ4n) is 2.55. The number of nitrogens with zero attached hydrogens (tertiary/aromatic N) is 1. The highest BCUT2D eigenvalue weighted by Crippen LogP contribution is 2.31. The van der Waals surface area contributed by atoms with E-state index in [0.29, 0.717) is 0 Å². The van der Waals surface area contributed by atoms with Crippen molar-refractivity contribution in [2.24, 2.45) is 5.92 Å². The molecule has 1 saturated carbocycles. The van der Waals surface area contributed by atoms with Crippen molar-refractivity contribution in [3.8, 4) is 0 Å². The van der Waals surface area contributed by atoms with Crippen LogP contribution in [0.2, 0.25) is 0 Å². The molecule has 0 aromatic heterocycles. The van der Waals surface area contributed by atoms with Crippen LogP contribution in [0, 0.1) is 5.92 Å². The number of hydrogen-bond acceptors (Lipinski definition) is 3. The van der Waals surface area contributed by atoms with Gasteiger partial charge in [0, 0.05) is 12.6 Å². The summed E-state index contributed by atoms with van der Waals surface area (Å²) >= 11 is 2.06. The van der Waals surface area contributed by atoms with E-state index in [0.717, 1.165) is 12.0 Å². The van der Waals surface area contributed by atoms with Crippen LogP contribution < -0.4 is 5.32 Å². The van der Waals surface area contributed by atoms with E-state index in [1.54, 1.807) is 0 Å². The summed E-state index contributed by atoms with van der Waals surface area (Å²) in [6.07, 6.45) is 5.69. The van der Waals surface area contributed by atoms with E-state index in [2.05, 4.69) is 28.9 Å². The summed E-state index contributed by atoms with van der Waals surface area (Å²) in [6, 6.07) is 0.978. The van der Waals surface area contributed by atoms with E-state index < -0.39 is 0 Å². The molecule has 1 aliphatic carbocycles. The second-order valence-electron chi connectivity index (χ2n) is 5.14. The summed E-state index contributed by atoms with van der Waals surface area (Å²) < 4.78 is 0. The molecule has 94 valence electrons. The molecular formula is C13H26N2S. The van der Waals surface area contributed by atoms with E-state index in [1.807, 2.05) is 0 Å². The summed E-state index contributed by atoms with van der Waals surface area (Å²) in [5.41, 5.74) is 0. The molecule has 0 bridgehead atoms. The predicted molar refractivity (Wildman–Crippen MR) is 73.2 cm³/mol. The van der Waals surface area contributed by atoms with Crippen LogP contribution in [0.3, 0.4) is 0 Å². The standard InChI is InChI=1S/C13H26N2S/c1-2-16-9-3-7-14-10-12-6-8-15(11-12)13-4-5-13/h12-14H,2-11H2,1H3. The van der Waals surface area contributed by atoms with Gasteiger partial charge < -0.3 is 10.2 Å². The van der Waals surface area contributed by atoms with E-state index in [9.17, 15) is 0 Å². The van der Waals surface area contributed by atoms with Crippen molar-refractivity contribution in [3.63, 3.8) is 0 Å². The van der Waals surface area contributed by atoms with Crippen molar-refractivity contribution in [1.82, 2.24) is 10.2 Å². The summed E-state index contributed by atoms with van der Waals surface area (Å²) in [4.78, 5) is 2.71. The lowest BCUT2D eigenvalue weighted by molar-refractivity contribution is 0.312. The third kappa shape index (κ3) is 4.27. The fourth-order valence-corrected chi connectivity index (χ4v) is 3.19. The molecule has 1 heterocycles. The molecule has 0 spiro atoms. The Morgan fingerprint density at radius 3 is 2.94 bits per heavy atom. The van der Waals surface area contributed by atoms with Gasteiger partial charge in [-0.1, -0.05) is 6.92 Å². The SMILES string of the molecule is CCSCCCNCC1CCN(C2CC2)C1. The van der Waals surface area contributed by atoms with Gasteiger partial charge in [-0.25, -0.2) is 0 Å². The summed E-state index contributed by atoms with van der Waals surface area (Å²) in [7, 11) is 0. The molecule has 2 nitrogen and oxygen atoms in total. The van der Waals surface area contributed by atoms with E-state index in [-0.39, 0.29) is 0 Å². The Bertz CT molecular complexity index is 194. The van der Waals surface area contributed by atoms with Crippen LogP contribution in [0.15, 0.2) is 0 Å². The molecule has 1 aliphatic heterocycles. The largest absolute Gasteiger partial charge is 0.316 e. The van der Waals surface area contributed by atoms with Crippen LogP contribution in [0.25, 0.3) is 0 Å². The molecule has 3 heteroatoms. The minimum absolute atomic E-state index is 0.930. The van der Waals surface area contributed by atoms with Gasteiger partial charge >= 0.3 is 0 Å². The monoisotopic (exact) mass is 242 g/mol. The van der Waals surface area contributed by atoms with Crippen LogP contribution in [0.1, 0.15) is 32.6 Å². The summed E-state index contributed by atoms with van der Waals surface area (Å²) in [5, 5.41) is 3.63. The van der Waals surface area contributed by atoms with Crippen LogP contribution in [-0.2, 0) is 0 Å². The predicted octanol–water partition coefficient (Wildman–Crippen LogP) is 2.20. The van der Waals surface area contributed by atoms with Crippen LogP contribution in [0.4, 0.5) is 0 Å². The molecule has 16 heavy (non-hydrogen) atoms. The first-order valence-corrected chi connectivity index (χ1v) is 8.08.